The van der Waals surface area contributed by atoms with Gasteiger partial charge in [-0.3, -0.25) is 9.59 Å². The molecule has 9 heteroatoms. The lowest BCUT2D eigenvalue weighted by Gasteiger charge is -2.26. The van der Waals surface area contributed by atoms with Crippen molar-refractivity contribution in [3.8, 4) is 0 Å². The van der Waals surface area contributed by atoms with Crippen molar-refractivity contribution in [3.63, 3.8) is 0 Å². The van der Waals surface area contributed by atoms with E-state index in [9.17, 15) is 19.5 Å². The molecule has 0 saturated heterocycles. The smallest absolute Gasteiger partial charge is 0.306 e. The standard InChI is InChI=1S/C82H127NO8/c1-6-8-10-12-14-16-18-20-22-24-26-28-30-32-34-36-37-38-39-40-41-42-43-45-47-49-51-53-55-57-59-61-63-65-67-69-71-73-80(85)91-78(77-90-82(81(86)87)88-75-74-83(3,4)5)76-89-79(84)72-70-68-66-64-62-60-58-56-54-52-50-48-46-44-35-33-31-29-27-25-23-21-19-17-15-13-11-9-7-2/h8-11,14-17,20-23,26-29,32-35,37-38,40-41,43,45-46,48-49,51,55,57,61,63,78,82H,6-7,12-13,18-19,24-25,30-31,36,39,42,44,47,50,52-54,56,58-60,62,64-77H2,1-5H3/b10-8-,11-9-,16-14-,17-15-,22-20-,23-21-,28-26-,29-27-,34-32-,35-33-,38-37-,41-40-,45-43-,48-46-,51-49-,57-55-,63-61-. The first-order valence-electron chi connectivity index (χ1n) is 35.2. The number of hydrogen-bond donors (Lipinski definition) is 0. The fourth-order valence-electron chi connectivity index (χ4n) is 8.72. The molecule has 0 aliphatic heterocycles. The predicted molar refractivity (Wildman–Crippen MR) is 388 cm³/mol. The van der Waals surface area contributed by atoms with Gasteiger partial charge in [-0.25, -0.2) is 0 Å². The number of unbranched alkanes of at least 4 members (excludes halogenated alkanes) is 13. The first kappa shape index (κ1) is 84.9. The van der Waals surface area contributed by atoms with Crippen LogP contribution in [0.1, 0.15) is 232 Å². The number of rotatable bonds is 62. The highest BCUT2D eigenvalue weighted by atomic mass is 16.7. The molecule has 91 heavy (non-hydrogen) atoms. The summed E-state index contributed by atoms with van der Waals surface area (Å²) < 4.78 is 22.7. The van der Waals surface area contributed by atoms with Gasteiger partial charge < -0.3 is 33.3 Å². The van der Waals surface area contributed by atoms with Crippen molar-refractivity contribution in [2.75, 3.05) is 47.5 Å². The van der Waals surface area contributed by atoms with Crippen molar-refractivity contribution in [3.05, 3.63) is 207 Å². The minimum Gasteiger partial charge on any atom is -0.545 e. The highest BCUT2D eigenvalue weighted by Crippen LogP contribution is 2.14. The van der Waals surface area contributed by atoms with Crippen molar-refractivity contribution in [2.24, 2.45) is 0 Å². The molecule has 0 aliphatic rings. The summed E-state index contributed by atoms with van der Waals surface area (Å²) >= 11 is 0. The monoisotopic (exact) mass is 1250 g/mol. The molecule has 0 spiro atoms. The van der Waals surface area contributed by atoms with Gasteiger partial charge in [-0.1, -0.05) is 278 Å². The Balaban J connectivity index is 4.29. The SMILES string of the molecule is CC/C=C\C/C=C\C/C=C\C/C=C\C/C=C\C/C=C\C/C=C\C/C=C\C/C=C\C/C=C\C/C=C\CCCCCC(=O)OC(COC(=O)CCCCCCCCCCCC/C=C\C/C=C\C/C=C\C/C=C\C/C=C\C/C=C\CC)COC(OCC[N+](C)(C)C)C(=O)[O-]. The molecule has 0 heterocycles. The molecule has 0 aromatic carbocycles. The first-order chi connectivity index (χ1) is 44.6. The van der Waals surface area contributed by atoms with Crippen LogP contribution in [-0.2, 0) is 33.3 Å². The number of carbonyl (C=O) groups is 3. The number of ether oxygens (including phenoxy) is 4. The average molecular weight is 1250 g/mol. The summed E-state index contributed by atoms with van der Waals surface area (Å²) in [6.07, 6.45) is 106. The molecule has 0 rings (SSSR count). The molecule has 2 atom stereocenters. The van der Waals surface area contributed by atoms with E-state index in [2.05, 4.69) is 220 Å². The Bertz CT molecular complexity index is 2250. The molecule has 0 bridgehead atoms. The van der Waals surface area contributed by atoms with Gasteiger partial charge in [-0.15, -0.1) is 0 Å². The van der Waals surface area contributed by atoms with Crippen LogP contribution in [-0.4, -0.2) is 82.3 Å². The molecule has 0 aromatic heterocycles. The van der Waals surface area contributed by atoms with E-state index in [1.165, 1.54) is 38.5 Å². The molecule has 0 amide bonds. The maximum atomic E-state index is 12.9. The van der Waals surface area contributed by atoms with Gasteiger partial charge in [0.2, 0.25) is 0 Å². The Morgan fingerprint density at radius 2 is 0.593 bits per heavy atom. The van der Waals surface area contributed by atoms with Gasteiger partial charge >= 0.3 is 11.9 Å². The second-order valence-corrected chi connectivity index (χ2v) is 23.7. The van der Waals surface area contributed by atoms with Crippen LogP contribution in [0.3, 0.4) is 0 Å². The van der Waals surface area contributed by atoms with Crippen LogP contribution in [0.5, 0.6) is 0 Å². The zero-order valence-electron chi connectivity index (χ0n) is 57.9. The van der Waals surface area contributed by atoms with Gasteiger partial charge in [0, 0.05) is 12.8 Å². The molecule has 2 unspecified atom stereocenters. The van der Waals surface area contributed by atoms with Crippen LogP contribution in [0.2, 0.25) is 0 Å². The molecule has 0 aliphatic carbocycles. The largest absolute Gasteiger partial charge is 0.545 e. The molecular formula is C82H127NO8. The Hall–Kier alpha value is -6.13. The van der Waals surface area contributed by atoms with E-state index < -0.39 is 24.3 Å². The quantitative estimate of drug-likeness (QED) is 0.0195. The van der Waals surface area contributed by atoms with E-state index in [1.54, 1.807) is 0 Å². The summed E-state index contributed by atoms with van der Waals surface area (Å²) in [7, 11) is 5.90. The maximum Gasteiger partial charge on any atom is 0.306 e. The number of carboxylic acids is 1. The number of hydrogen-bond acceptors (Lipinski definition) is 8. The lowest BCUT2D eigenvalue weighted by molar-refractivity contribution is -0.870. The lowest BCUT2D eigenvalue weighted by Crippen LogP contribution is -2.44. The first-order valence-corrected chi connectivity index (χ1v) is 35.2. The zero-order valence-corrected chi connectivity index (χ0v) is 57.9. The second-order valence-electron chi connectivity index (χ2n) is 23.7. The van der Waals surface area contributed by atoms with Gasteiger partial charge in [-0.2, -0.15) is 0 Å². The number of likely N-dealkylation sites (N-methyl/N-ethyl adjacent to an activating group) is 1. The van der Waals surface area contributed by atoms with Gasteiger partial charge in [-0.05, 0) is 148 Å². The Morgan fingerprint density at radius 3 is 0.890 bits per heavy atom. The molecule has 0 saturated carbocycles. The minimum atomic E-state index is -1.65. The number of esters is 2. The lowest BCUT2D eigenvalue weighted by atomic mass is 10.1. The van der Waals surface area contributed by atoms with E-state index in [-0.39, 0.29) is 38.6 Å². The molecule has 9 nitrogen and oxygen atoms in total. The zero-order chi connectivity index (χ0) is 66.1. The molecule has 0 aromatic rings. The molecule has 508 valence electrons. The van der Waals surface area contributed by atoms with Gasteiger partial charge in [0.15, 0.2) is 12.4 Å². The third-order valence-corrected chi connectivity index (χ3v) is 14.0. The Labute approximate surface area is 556 Å². The summed E-state index contributed by atoms with van der Waals surface area (Å²) in [5.74, 6) is -2.36. The summed E-state index contributed by atoms with van der Waals surface area (Å²) in [4.78, 5) is 37.5. The Kier molecular flexibility index (Phi) is 65.1. The highest BCUT2D eigenvalue weighted by Gasteiger charge is 2.22. The van der Waals surface area contributed by atoms with Crippen LogP contribution in [0.25, 0.3) is 0 Å². The second kappa shape index (κ2) is 69.8. The van der Waals surface area contributed by atoms with E-state index in [0.717, 1.165) is 161 Å². The maximum absolute atomic E-state index is 12.9. The minimum absolute atomic E-state index is 0.128. The summed E-state index contributed by atoms with van der Waals surface area (Å²) in [6, 6.07) is 0. The van der Waals surface area contributed by atoms with Crippen molar-refractivity contribution in [1.29, 1.82) is 0 Å². The fraction of sp³-hybridized carbons (Fsp3) is 0.549. The molecular weight excluding hydrogens is 1130 g/mol. The number of nitrogens with zero attached hydrogens (tertiary/aromatic N) is 1. The van der Waals surface area contributed by atoms with E-state index in [0.29, 0.717) is 17.4 Å². The summed E-state index contributed by atoms with van der Waals surface area (Å²) in [5.41, 5.74) is 0. The van der Waals surface area contributed by atoms with Gasteiger partial charge in [0.05, 0.1) is 40.3 Å². The van der Waals surface area contributed by atoms with Crippen molar-refractivity contribution >= 4 is 17.9 Å². The topological polar surface area (TPSA) is 111 Å². The van der Waals surface area contributed by atoms with Gasteiger partial charge in [0.1, 0.15) is 13.2 Å². The third-order valence-electron chi connectivity index (χ3n) is 14.0. The van der Waals surface area contributed by atoms with Crippen LogP contribution in [0, 0.1) is 0 Å². The van der Waals surface area contributed by atoms with Crippen molar-refractivity contribution in [2.45, 2.75) is 245 Å². The fourth-order valence-corrected chi connectivity index (χ4v) is 8.72. The summed E-state index contributed by atoms with van der Waals surface area (Å²) in [5, 5.41) is 11.8. The summed E-state index contributed by atoms with van der Waals surface area (Å²) in [6.45, 7) is 4.45. The average Bonchev–Trinajstić information content (AvgIpc) is 3.50. The van der Waals surface area contributed by atoms with Crippen LogP contribution >= 0.6 is 0 Å². The highest BCUT2D eigenvalue weighted by molar-refractivity contribution is 5.70. The number of allylic oxidation sites excluding steroid dienone is 34. The number of quaternary nitrogens is 1. The van der Waals surface area contributed by atoms with E-state index in [4.69, 9.17) is 18.9 Å². The Morgan fingerprint density at radius 1 is 0.330 bits per heavy atom. The third kappa shape index (κ3) is 71.2. The van der Waals surface area contributed by atoms with Gasteiger partial charge in [0.25, 0.3) is 0 Å². The normalized spacial score (nSPS) is 14.0. The van der Waals surface area contributed by atoms with Crippen LogP contribution < -0.4 is 5.11 Å². The van der Waals surface area contributed by atoms with E-state index >= 15 is 0 Å². The molecule has 0 fully saturated rings. The van der Waals surface area contributed by atoms with Crippen LogP contribution in [0.15, 0.2) is 207 Å². The van der Waals surface area contributed by atoms with Crippen molar-refractivity contribution < 1.29 is 42.9 Å². The molecule has 0 N–H and O–H groups in total. The number of aliphatic carboxylic acids is 1. The van der Waals surface area contributed by atoms with Crippen molar-refractivity contribution in [1.82, 2.24) is 0 Å². The molecule has 0 radical (unpaired) electrons. The number of carbonyl (C=O) groups excluding carboxylic acids is 3. The van der Waals surface area contributed by atoms with E-state index in [1.807, 2.05) is 21.1 Å². The number of carboxylic acid groups (broad SMARTS) is 1. The predicted octanol–water partition coefficient (Wildman–Crippen LogP) is 21.0. The van der Waals surface area contributed by atoms with Crippen LogP contribution in [0.4, 0.5) is 0 Å².